The summed E-state index contributed by atoms with van der Waals surface area (Å²) >= 11 is 5.90. The molecule has 0 fully saturated rings. The molecule has 0 aliphatic rings. The van der Waals surface area contributed by atoms with Gasteiger partial charge in [-0.1, -0.05) is 30.7 Å². The number of benzene rings is 2. The van der Waals surface area contributed by atoms with Crippen molar-refractivity contribution in [3.63, 3.8) is 0 Å². The number of nitrogens with one attached hydrogen (secondary N) is 1. The summed E-state index contributed by atoms with van der Waals surface area (Å²) in [5, 5.41) is 3.28. The van der Waals surface area contributed by atoms with Gasteiger partial charge >= 0.3 is 0 Å². The molecule has 0 saturated heterocycles. The number of carbonyl (C=O) groups is 2. The van der Waals surface area contributed by atoms with Gasteiger partial charge in [-0.05, 0) is 61.7 Å². The summed E-state index contributed by atoms with van der Waals surface area (Å²) in [5.74, 6) is -0.970. The van der Waals surface area contributed by atoms with Crippen LogP contribution in [-0.4, -0.2) is 50.5 Å². The summed E-state index contributed by atoms with van der Waals surface area (Å²) in [7, 11) is -3.58. The first-order chi connectivity index (χ1) is 16.0. The van der Waals surface area contributed by atoms with Gasteiger partial charge in [-0.2, -0.15) is 0 Å². The topological polar surface area (TPSA) is 86.8 Å². The van der Waals surface area contributed by atoms with Crippen molar-refractivity contribution in [2.45, 2.75) is 45.7 Å². The fourth-order valence-electron chi connectivity index (χ4n) is 3.38. The van der Waals surface area contributed by atoms with Gasteiger partial charge < -0.3 is 10.2 Å². The number of rotatable bonds is 12. The summed E-state index contributed by atoms with van der Waals surface area (Å²) in [4.78, 5) is 27.1. The Balaban J connectivity index is 2.13. The Bertz CT molecular complexity index is 1060. The number of anilines is 1. The predicted octanol–water partition coefficient (Wildman–Crippen LogP) is 3.97. The normalized spacial score (nSPS) is 12.1. The van der Waals surface area contributed by atoms with E-state index in [0.29, 0.717) is 22.8 Å². The number of sulfonamides is 1. The fraction of sp³-hybridized carbons (Fsp3) is 0.417. The van der Waals surface area contributed by atoms with Crippen LogP contribution in [0.15, 0.2) is 48.5 Å². The first-order valence-electron chi connectivity index (χ1n) is 11.1. The van der Waals surface area contributed by atoms with Gasteiger partial charge in [0.05, 0.1) is 11.9 Å². The minimum absolute atomic E-state index is 0.0339. The highest BCUT2D eigenvalue weighted by Crippen LogP contribution is 2.21. The van der Waals surface area contributed by atoms with E-state index in [1.807, 2.05) is 6.92 Å². The summed E-state index contributed by atoms with van der Waals surface area (Å²) in [5.41, 5.74) is 1.14. The lowest BCUT2D eigenvalue weighted by molar-refractivity contribution is -0.140. The Morgan fingerprint density at radius 3 is 2.26 bits per heavy atom. The molecule has 10 heteroatoms. The monoisotopic (exact) mass is 511 g/mol. The van der Waals surface area contributed by atoms with E-state index in [1.165, 1.54) is 21.3 Å². The van der Waals surface area contributed by atoms with Crippen molar-refractivity contribution in [2.24, 2.45) is 0 Å². The molecule has 2 amide bonds. The molecule has 186 valence electrons. The zero-order valence-electron chi connectivity index (χ0n) is 19.6. The Kier molecular flexibility index (Phi) is 10.3. The maximum atomic E-state index is 13.3. The van der Waals surface area contributed by atoms with Gasteiger partial charge in [0.2, 0.25) is 21.8 Å². The lowest BCUT2D eigenvalue weighted by Crippen LogP contribution is -2.47. The Labute approximate surface area is 205 Å². The van der Waals surface area contributed by atoms with Crippen molar-refractivity contribution in [3.8, 4) is 0 Å². The molecule has 0 bridgehead atoms. The maximum absolute atomic E-state index is 13.3. The van der Waals surface area contributed by atoms with Crippen LogP contribution in [0.2, 0.25) is 5.02 Å². The zero-order valence-corrected chi connectivity index (χ0v) is 21.2. The summed E-state index contributed by atoms with van der Waals surface area (Å²) < 4.78 is 39.1. The third kappa shape index (κ3) is 8.29. The lowest BCUT2D eigenvalue weighted by atomic mass is 10.1. The molecule has 2 aromatic carbocycles. The van der Waals surface area contributed by atoms with E-state index in [-0.39, 0.29) is 37.7 Å². The van der Waals surface area contributed by atoms with Gasteiger partial charge in [0, 0.05) is 31.1 Å². The van der Waals surface area contributed by atoms with Crippen LogP contribution in [0.5, 0.6) is 0 Å². The SMILES string of the molecule is CCCNC(=O)[C@H](C)N(Cc1ccc(F)cc1)C(=O)CCCN(c1ccc(Cl)cc1)S(C)(=O)=O. The van der Waals surface area contributed by atoms with Gasteiger partial charge in [-0.15, -0.1) is 0 Å². The van der Waals surface area contributed by atoms with E-state index in [1.54, 1.807) is 43.3 Å². The standard InChI is InChI=1S/C24H31ClFN3O4S/c1-4-15-27-24(31)18(2)28(17-19-7-11-21(26)12-8-19)23(30)6-5-16-29(34(3,32)33)22-13-9-20(25)10-14-22/h7-14,18H,4-6,15-17H2,1-3H3,(H,27,31)/t18-/m0/s1. The van der Waals surface area contributed by atoms with Gasteiger partial charge in [0.15, 0.2) is 0 Å². The van der Waals surface area contributed by atoms with Crippen LogP contribution < -0.4 is 9.62 Å². The van der Waals surface area contributed by atoms with E-state index in [4.69, 9.17) is 11.6 Å². The molecular formula is C24H31ClFN3O4S. The van der Waals surface area contributed by atoms with Gasteiger partial charge in [-0.25, -0.2) is 12.8 Å². The number of nitrogens with zero attached hydrogens (tertiary/aromatic N) is 2. The molecule has 2 rings (SSSR count). The van der Waals surface area contributed by atoms with Crippen LogP contribution in [0.1, 0.15) is 38.7 Å². The van der Waals surface area contributed by atoms with E-state index in [0.717, 1.165) is 12.7 Å². The van der Waals surface area contributed by atoms with E-state index >= 15 is 0 Å². The fourth-order valence-corrected chi connectivity index (χ4v) is 4.47. The minimum Gasteiger partial charge on any atom is -0.354 e. The Hall–Kier alpha value is -2.65. The third-order valence-corrected chi connectivity index (χ3v) is 6.70. The van der Waals surface area contributed by atoms with Crippen molar-refractivity contribution < 1.29 is 22.4 Å². The molecule has 0 aliphatic carbocycles. The number of hydrogen-bond acceptors (Lipinski definition) is 4. The molecule has 0 saturated carbocycles. The first kappa shape index (κ1) is 27.6. The van der Waals surface area contributed by atoms with Crippen LogP contribution in [0.4, 0.5) is 10.1 Å². The molecule has 0 aliphatic heterocycles. The number of carbonyl (C=O) groups excluding carboxylic acids is 2. The Morgan fingerprint density at radius 1 is 1.09 bits per heavy atom. The third-order valence-electron chi connectivity index (χ3n) is 5.25. The summed E-state index contributed by atoms with van der Waals surface area (Å²) in [6, 6.07) is 11.4. The van der Waals surface area contributed by atoms with E-state index in [2.05, 4.69) is 5.32 Å². The summed E-state index contributed by atoms with van der Waals surface area (Å²) in [6.45, 7) is 4.29. The van der Waals surface area contributed by atoms with E-state index < -0.39 is 21.9 Å². The largest absolute Gasteiger partial charge is 0.354 e. The first-order valence-corrected chi connectivity index (χ1v) is 13.3. The molecule has 0 spiro atoms. The molecule has 0 radical (unpaired) electrons. The molecule has 7 nitrogen and oxygen atoms in total. The molecule has 1 N–H and O–H groups in total. The highest BCUT2D eigenvalue weighted by atomic mass is 35.5. The second kappa shape index (κ2) is 12.7. The quantitative estimate of drug-likeness (QED) is 0.467. The van der Waals surface area contributed by atoms with Crippen molar-refractivity contribution in [1.82, 2.24) is 10.2 Å². The maximum Gasteiger partial charge on any atom is 0.242 e. The van der Waals surface area contributed by atoms with Crippen molar-refractivity contribution in [2.75, 3.05) is 23.7 Å². The van der Waals surface area contributed by atoms with Crippen molar-refractivity contribution in [1.29, 1.82) is 0 Å². The van der Waals surface area contributed by atoms with Crippen molar-refractivity contribution in [3.05, 3.63) is 64.9 Å². The average Bonchev–Trinajstić information content (AvgIpc) is 2.79. The molecular weight excluding hydrogens is 481 g/mol. The molecule has 0 heterocycles. The Morgan fingerprint density at radius 2 is 1.71 bits per heavy atom. The number of halogens is 2. The summed E-state index contributed by atoms with van der Waals surface area (Å²) in [6.07, 6.45) is 2.14. The highest BCUT2D eigenvalue weighted by molar-refractivity contribution is 7.92. The molecule has 0 unspecified atom stereocenters. The van der Waals surface area contributed by atoms with Gasteiger partial charge in [0.1, 0.15) is 11.9 Å². The van der Waals surface area contributed by atoms with E-state index in [9.17, 15) is 22.4 Å². The lowest BCUT2D eigenvalue weighted by Gasteiger charge is -2.29. The molecule has 1 atom stereocenters. The number of amides is 2. The second-order valence-electron chi connectivity index (χ2n) is 8.03. The molecule has 2 aromatic rings. The van der Waals surface area contributed by atoms with Crippen LogP contribution >= 0.6 is 11.6 Å². The van der Waals surface area contributed by atoms with Crippen molar-refractivity contribution >= 4 is 39.1 Å². The van der Waals surface area contributed by atoms with Crippen LogP contribution in [0.25, 0.3) is 0 Å². The van der Waals surface area contributed by atoms with Gasteiger partial charge in [0.25, 0.3) is 0 Å². The minimum atomic E-state index is -3.58. The smallest absolute Gasteiger partial charge is 0.242 e. The average molecular weight is 512 g/mol. The van der Waals surface area contributed by atoms with Gasteiger partial charge in [-0.3, -0.25) is 13.9 Å². The van der Waals surface area contributed by atoms with Crippen LogP contribution in [0.3, 0.4) is 0 Å². The predicted molar refractivity (Wildman–Crippen MR) is 133 cm³/mol. The zero-order chi connectivity index (χ0) is 25.3. The number of hydrogen-bond donors (Lipinski definition) is 1. The molecule has 34 heavy (non-hydrogen) atoms. The second-order valence-corrected chi connectivity index (χ2v) is 10.4. The highest BCUT2D eigenvalue weighted by Gasteiger charge is 2.26. The molecule has 0 aromatic heterocycles. The van der Waals surface area contributed by atoms with Crippen LogP contribution in [0, 0.1) is 5.82 Å². The van der Waals surface area contributed by atoms with Crippen LogP contribution in [-0.2, 0) is 26.2 Å².